The van der Waals surface area contributed by atoms with Gasteiger partial charge in [0.15, 0.2) is 0 Å². The number of carbonyl (C=O) groups is 1. The third-order valence-corrected chi connectivity index (χ3v) is 3.81. The molecule has 5 nitrogen and oxygen atoms in total. The number of benzene rings is 1. The maximum atomic E-state index is 11.4. The van der Waals surface area contributed by atoms with E-state index < -0.39 is 11.6 Å². The summed E-state index contributed by atoms with van der Waals surface area (Å²) in [5, 5.41) is 12.7. The molecule has 2 rings (SSSR count). The van der Waals surface area contributed by atoms with Gasteiger partial charge in [0.1, 0.15) is 0 Å². The van der Waals surface area contributed by atoms with E-state index in [4.69, 9.17) is 0 Å². The lowest BCUT2D eigenvalue weighted by molar-refractivity contribution is 0.0955. The Hall–Kier alpha value is -2.40. The fourth-order valence-corrected chi connectivity index (χ4v) is 2.39. The van der Waals surface area contributed by atoms with Gasteiger partial charge in [-0.2, -0.15) is 0 Å². The largest absolute Gasteiger partial charge is 0.465 e. The van der Waals surface area contributed by atoms with Crippen LogP contribution in [0.4, 0.5) is 4.79 Å². The molecule has 1 aromatic heterocycles. The van der Waals surface area contributed by atoms with Crippen molar-refractivity contribution in [1.29, 1.82) is 0 Å². The summed E-state index contributed by atoms with van der Waals surface area (Å²) in [6.07, 6.45) is 2.68. The molecule has 0 unspecified atom stereocenters. The summed E-state index contributed by atoms with van der Waals surface area (Å²) in [6, 6.07) is 12.0. The van der Waals surface area contributed by atoms with Gasteiger partial charge in [-0.3, -0.25) is 9.88 Å². The maximum Gasteiger partial charge on any atom is 0.408 e. The number of nitrogens with one attached hydrogen (secondary N) is 1. The molecule has 2 aromatic rings. The summed E-state index contributed by atoms with van der Waals surface area (Å²) < 4.78 is 0. The lowest BCUT2D eigenvalue weighted by Crippen LogP contribution is -2.44. The molecule has 0 saturated carbocycles. The first-order valence-electron chi connectivity index (χ1n) is 8.04. The molecule has 1 aromatic carbocycles. The van der Waals surface area contributed by atoms with Crippen molar-refractivity contribution in [3.05, 3.63) is 65.5 Å². The van der Waals surface area contributed by atoms with Crippen LogP contribution in [-0.2, 0) is 19.6 Å². The predicted octanol–water partition coefficient (Wildman–Crippen LogP) is 3.65. The van der Waals surface area contributed by atoms with Crippen LogP contribution in [0.2, 0.25) is 0 Å². The summed E-state index contributed by atoms with van der Waals surface area (Å²) in [5.41, 5.74) is 2.94. The molecule has 0 aliphatic carbocycles. The summed E-state index contributed by atoms with van der Waals surface area (Å²) in [7, 11) is 0. The highest BCUT2D eigenvalue weighted by Gasteiger charge is 2.25. The predicted molar refractivity (Wildman–Crippen MR) is 94.5 cm³/mol. The fourth-order valence-electron chi connectivity index (χ4n) is 2.39. The van der Waals surface area contributed by atoms with Crippen molar-refractivity contribution in [3.63, 3.8) is 0 Å². The van der Waals surface area contributed by atoms with Crippen molar-refractivity contribution in [3.8, 4) is 0 Å². The van der Waals surface area contributed by atoms with E-state index in [1.807, 2.05) is 57.2 Å². The van der Waals surface area contributed by atoms with E-state index in [9.17, 15) is 9.90 Å². The van der Waals surface area contributed by atoms with Gasteiger partial charge in [-0.1, -0.05) is 24.3 Å². The molecule has 5 heteroatoms. The van der Waals surface area contributed by atoms with Crippen LogP contribution in [0.1, 0.15) is 37.5 Å². The number of hydrogen-bond acceptors (Lipinski definition) is 3. The van der Waals surface area contributed by atoms with Crippen LogP contribution in [0.3, 0.4) is 0 Å². The summed E-state index contributed by atoms with van der Waals surface area (Å²) >= 11 is 0. The van der Waals surface area contributed by atoms with Gasteiger partial charge in [-0.25, -0.2) is 4.79 Å². The van der Waals surface area contributed by atoms with Crippen LogP contribution >= 0.6 is 0 Å². The summed E-state index contributed by atoms with van der Waals surface area (Å²) in [4.78, 5) is 16.9. The normalized spacial score (nSPS) is 11.3. The van der Waals surface area contributed by atoms with Crippen LogP contribution in [0.25, 0.3) is 0 Å². The Labute approximate surface area is 143 Å². The smallest absolute Gasteiger partial charge is 0.408 e. The Morgan fingerprint density at radius 2 is 1.50 bits per heavy atom. The van der Waals surface area contributed by atoms with Crippen LogP contribution in [0.5, 0.6) is 0 Å². The lowest BCUT2D eigenvalue weighted by Gasteiger charge is -2.33. The topological polar surface area (TPSA) is 65.5 Å². The quantitative estimate of drug-likeness (QED) is 0.850. The highest BCUT2D eigenvalue weighted by molar-refractivity contribution is 5.66. The minimum Gasteiger partial charge on any atom is -0.465 e. The van der Waals surface area contributed by atoms with E-state index >= 15 is 0 Å². The molecule has 0 radical (unpaired) electrons. The van der Waals surface area contributed by atoms with E-state index in [0.29, 0.717) is 6.54 Å². The number of aromatic nitrogens is 1. The molecule has 1 heterocycles. The van der Waals surface area contributed by atoms with E-state index in [1.54, 1.807) is 12.4 Å². The summed E-state index contributed by atoms with van der Waals surface area (Å²) in [6.45, 7) is 7.66. The number of amides is 1. The zero-order valence-electron chi connectivity index (χ0n) is 14.5. The second-order valence-corrected chi connectivity index (χ2v) is 6.82. The van der Waals surface area contributed by atoms with Crippen LogP contribution in [0, 0.1) is 0 Å². The minimum absolute atomic E-state index is 0.392. The Bertz CT molecular complexity index is 649. The van der Waals surface area contributed by atoms with Gasteiger partial charge in [0.05, 0.1) is 0 Å². The van der Waals surface area contributed by atoms with Gasteiger partial charge in [0.25, 0.3) is 0 Å². The first-order chi connectivity index (χ1) is 11.4. The Morgan fingerprint density at radius 3 is 2.00 bits per heavy atom. The van der Waals surface area contributed by atoms with Crippen molar-refractivity contribution in [2.75, 3.05) is 0 Å². The molecule has 24 heavy (non-hydrogen) atoms. The molecule has 0 aliphatic heterocycles. The number of hydrogen-bond donors (Lipinski definition) is 2. The van der Waals surface area contributed by atoms with Gasteiger partial charge in [0.2, 0.25) is 0 Å². The molecule has 0 spiro atoms. The van der Waals surface area contributed by atoms with Gasteiger partial charge >= 0.3 is 6.09 Å². The summed E-state index contributed by atoms with van der Waals surface area (Å²) in [5.74, 6) is 0. The molecule has 128 valence electrons. The van der Waals surface area contributed by atoms with Crippen molar-refractivity contribution in [2.45, 2.75) is 45.9 Å². The standard InChI is InChI=1S/C19H25N3O2/c1-19(2,3)22(18(23)24)14-17-6-4-15(5-7-17)12-21-13-16-8-10-20-11-9-16/h4-11,21H,12-14H2,1-3H3,(H,23,24). The molecule has 0 fully saturated rings. The SMILES string of the molecule is CC(C)(C)N(Cc1ccc(CNCc2ccncc2)cc1)C(=O)O. The Kier molecular flexibility index (Phi) is 5.93. The first kappa shape index (κ1) is 17.9. The first-order valence-corrected chi connectivity index (χ1v) is 8.04. The average Bonchev–Trinajstić information content (AvgIpc) is 2.53. The van der Waals surface area contributed by atoms with E-state index in [0.717, 1.165) is 18.7 Å². The van der Waals surface area contributed by atoms with Crippen LogP contribution in [0.15, 0.2) is 48.8 Å². The maximum absolute atomic E-state index is 11.4. The van der Waals surface area contributed by atoms with Crippen molar-refractivity contribution >= 4 is 6.09 Å². The van der Waals surface area contributed by atoms with Crippen LogP contribution in [-0.4, -0.2) is 26.6 Å². The Balaban J connectivity index is 1.89. The van der Waals surface area contributed by atoms with Gasteiger partial charge in [0, 0.05) is 37.6 Å². The van der Waals surface area contributed by atoms with Gasteiger partial charge in [-0.05, 0) is 49.6 Å². The van der Waals surface area contributed by atoms with E-state index in [2.05, 4.69) is 10.3 Å². The molecular formula is C19H25N3O2. The van der Waals surface area contributed by atoms with Gasteiger partial charge in [-0.15, -0.1) is 0 Å². The van der Waals surface area contributed by atoms with E-state index in [1.165, 1.54) is 16.0 Å². The fraction of sp³-hybridized carbons (Fsp3) is 0.368. The monoisotopic (exact) mass is 327 g/mol. The Morgan fingerprint density at radius 1 is 1.00 bits per heavy atom. The second kappa shape index (κ2) is 7.93. The van der Waals surface area contributed by atoms with E-state index in [-0.39, 0.29) is 0 Å². The number of pyridine rings is 1. The number of rotatable bonds is 6. The molecule has 0 bridgehead atoms. The second-order valence-electron chi connectivity index (χ2n) is 6.82. The number of nitrogens with zero attached hydrogens (tertiary/aromatic N) is 2. The molecule has 0 saturated heterocycles. The zero-order chi connectivity index (χ0) is 17.6. The molecular weight excluding hydrogens is 302 g/mol. The minimum atomic E-state index is -0.898. The molecule has 1 amide bonds. The zero-order valence-corrected chi connectivity index (χ0v) is 14.5. The molecule has 0 atom stereocenters. The lowest BCUT2D eigenvalue weighted by atomic mass is 10.0. The van der Waals surface area contributed by atoms with Crippen molar-refractivity contribution in [2.24, 2.45) is 0 Å². The highest BCUT2D eigenvalue weighted by atomic mass is 16.4. The van der Waals surface area contributed by atoms with Gasteiger partial charge < -0.3 is 10.4 Å². The highest BCUT2D eigenvalue weighted by Crippen LogP contribution is 2.18. The number of carboxylic acid groups (broad SMARTS) is 1. The molecule has 2 N–H and O–H groups in total. The molecule has 0 aliphatic rings. The third kappa shape index (κ3) is 5.35. The van der Waals surface area contributed by atoms with Crippen molar-refractivity contribution in [1.82, 2.24) is 15.2 Å². The third-order valence-electron chi connectivity index (χ3n) is 3.81. The average molecular weight is 327 g/mol. The van der Waals surface area contributed by atoms with Crippen molar-refractivity contribution < 1.29 is 9.90 Å². The van der Waals surface area contributed by atoms with Crippen LogP contribution < -0.4 is 5.32 Å².